The van der Waals surface area contributed by atoms with E-state index in [2.05, 4.69) is 34.3 Å². The molecule has 23 heavy (non-hydrogen) atoms. The average Bonchev–Trinajstić information content (AvgIpc) is 3.04. The Morgan fingerprint density at radius 1 is 1.43 bits per heavy atom. The lowest BCUT2D eigenvalue weighted by molar-refractivity contribution is -0.0104. The predicted molar refractivity (Wildman–Crippen MR) is 98.4 cm³/mol. The highest BCUT2D eigenvalue weighted by Crippen LogP contribution is 2.34. The number of ether oxygens (including phenoxy) is 1. The second-order valence-corrected chi connectivity index (χ2v) is 7.43. The molecule has 2 saturated heterocycles. The summed E-state index contributed by atoms with van der Waals surface area (Å²) in [6.07, 6.45) is 1.18. The Morgan fingerprint density at radius 3 is 2.96 bits per heavy atom. The fraction of sp³-hybridized carbons (Fsp3) is 0.588. The molecule has 3 rings (SSSR count). The van der Waals surface area contributed by atoms with Crippen LogP contribution in [0.4, 0.5) is 5.69 Å². The van der Waals surface area contributed by atoms with Gasteiger partial charge in [0.15, 0.2) is 5.96 Å². The highest BCUT2D eigenvalue weighted by Gasteiger charge is 2.40. The van der Waals surface area contributed by atoms with Crippen LogP contribution in [0.2, 0.25) is 0 Å². The van der Waals surface area contributed by atoms with Crippen molar-refractivity contribution in [3.63, 3.8) is 0 Å². The molecule has 1 atom stereocenters. The summed E-state index contributed by atoms with van der Waals surface area (Å²) in [5.41, 5.74) is 8.46. The van der Waals surface area contributed by atoms with Gasteiger partial charge in [0.05, 0.1) is 25.3 Å². The summed E-state index contributed by atoms with van der Waals surface area (Å²) >= 11 is 2.02. The van der Waals surface area contributed by atoms with Crippen LogP contribution in [0, 0.1) is 6.92 Å². The molecule has 1 aromatic rings. The number of thioether (sulfide) groups is 1. The van der Waals surface area contributed by atoms with Gasteiger partial charge in [-0.25, -0.2) is 0 Å². The van der Waals surface area contributed by atoms with Gasteiger partial charge in [0.25, 0.3) is 0 Å². The van der Waals surface area contributed by atoms with Crippen molar-refractivity contribution >= 4 is 23.4 Å². The molecule has 5 nitrogen and oxygen atoms in total. The lowest BCUT2D eigenvalue weighted by atomic mass is 9.96. The van der Waals surface area contributed by atoms with E-state index >= 15 is 0 Å². The average molecular weight is 334 g/mol. The first-order chi connectivity index (χ1) is 11.2. The van der Waals surface area contributed by atoms with Gasteiger partial charge < -0.3 is 15.8 Å². The third kappa shape index (κ3) is 4.19. The highest BCUT2D eigenvalue weighted by atomic mass is 32.2. The van der Waals surface area contributed by atoms with Gasteiger partial charge >= 0.3 is 0 Å². The summed E-state index contributed by atoms with van der Waals surface area (Å²) in [7, 11) is 0. The molecule has 2 heterocycles. The lowest BCUT2D eigenvalue weighted by Gasteiger charge is -2.42. The van der Waals surface area contributed by atoms with Crippen LogP contribution in [0.25, 0.3) is 0 Å². The summed E-state index contributed by atoms with van der Waals surface area (Å²) in [4.78, 5) is 7.22. The normalized spacial score (nSPS) is 26.4. The summed E-state index contributed by atoms with van der Waals surface area (Å²) < 4.78 is 5.50. The summed E-state index contributed by atoms with van der Waals surface area (Å²) in [5, 5.41) is 3.20. The van der Waals surface area contributed by atoms with Crippen molar-refractivity contribution < 1.29 is 4.74 Å². The van der Waals surface area contributed by atoms with Crippen LogP contribution in [-0.4, -0.2) is 60.8 Å². The van der Waals surface area contributed by atoms with Crippen LogP contribution in [0.3, 0.4) is 0 Å². The molecule has 0 spiro atoms. The molecule has 2 fully saturated rings. The number of benzene rings is 1. The van der Waals surface area contributed by atoms with E-state index in [1.165, 1.54) is 17.7 Å². The zero-order valence-corrected chi connectivity index (χ0v) is 14.6. The molecule has 0 radical (unpaired) electrons. The maximum atomic E-state index is 6.11. The maximum Gasteiger partial charge on any atom is 0.193 e. The first-order valence-electron chi connectivity index (χ1n) is 8.22. The van der Waals surface area contributed by atoms with Crippen molar-refractivity contribution in [3.8, 4) is 0 Å². The Hall–Kier alpha value is -1.24. The number of hydrogen-bond donors (Lipinski definition) is 2. The fourth-order valence-corrected chi connectivity index (χ4v) is 4.72. The topological polar surface area (TPSA) is 62.9 Å². The Morgan fingerprint density at radius 2 is 2.26 bits per heavy atom. The van der Waals surface area contributed by atoms with Gasteiger partial charge in [-0.15, -0.1) is 0 Å². The van der Waals surface area contributed by atoms with E-state index in [1.807, 2.05) is 23.9 Å². The fourth-order valence-electron chi connectivity index (χ4n) is 3.25. The van der Waals surface area contributed by atoms with Crippen molar-refractivity contribution in [3.05, 3.63) is 29.8 Å². The first-order valence-corrected chi connectivity index (χ1v) is 9.38. The second-order valence-electron chi connectivity index (χ2n) is 6.32. The third-order valence-corrected chi connectivity index (χ3v) is 5.83. The second kappa shape index (κ2) is 7.55. The van der Waals surface area contributed by atoms with E-state index in [0.29, 0.717) is 5.96 Å². The standard InChI is InChI=1S/C17H26N4OS/c1-14-3-2-4-15(11-14)20-16(18)19-12-17(5-10-23-13-17)21-6-8-22-9-7-21/h2-4,11H,5-10,12-13H2,1H3,(H3,18,19,20). The number of guanidine groups is 1. The van der Waals surface area contributed by atoms with E-state index < -0.39 is 0 Å². The van der Waals surface area contributed by atoms with E-state index in [4.69, 9.17) is 10.5 Å². The third-order valence-electron chi connectivity index (χ3n) is 4.60. The van der Waals surface area contributed by atoms with Crippen LogP contribution in [-0.2, 0) is 4.74 Å². The molecule has 1 aromatic carbocycles. The van der Waals surface area contributed by atoms with Crippen LogP contribution in [0.5, 0.6) is 0 Å². The number of morpholine rings is 1. The molecule has 126 valence electrons. The Labute approximate surface area is 142 Å². The molecule has 0 saturated carbocycles. The van der Waals surface area contributed by atoms with Crippen molar-refractivity contribution in [2.24, 2.45) is 10.7 Å². The molecule has 2 aliphatic rings. The molecule has 6 heteroatoms. The number of nitrogens with one attached hydrogen (secondary N) is 1. The quantitative estimate of drug-likeness (QED) is 0.651. The number of nitrogens with zero attached hydrogens (tertiary/aromatic N) is 2. The smallest absolute Gasteiger partial charge is 0.193 e. The maximum absolute atomic E-state index is 6.11. The molecule has 0 bridgehead atoms. The van der Waals surface area contributed by atoms with Gasteiger partial charge in [-0.05, 0) is 36.8 Å². The largest absolute Gasteiger partial charge is 0.379 e. The molecular formula is C17H26N4OS. The lowest BCUT2D eigenvalue weighted by Crippen LogP contribution is -2.56. The molecule has 3 N–H and O–H groups in total. The minimum absolute atomic E-state index is 0.146. The number of aryl methyl sites for hydroxylation is 1. The molecule has 0 aliphatic carbocycles. The zero-order valence-electron chi connectivity index (χ0n) is 13.8. The predicted octanol–water partition coefficient (Wildman–Crippen LogP) is 1.93. The van der Waals surface area contributed by atoms with Gasteiger partial charge in [-0.2, -0.15) is 11.8 Å². The Balaban J connectivity index is 1.65. The van der Waals surface area contributed by atoms with Crippen molar-refractivity contribution in [1.82, 2.24) is 4.90 Å². The van der Waals surface area contributed by atoms with E-state index in [1.54, 1.807) is 0 Å². The van der Waals surface area contributed by atoms with Gasteiger partial charge in [0, 0.05) is 24.5 Å². The van der Waals surface area contributed by atoms with Gasteiger partial charge in [-0.3, -0.25) is 9.89 Å². The Bertz CT molecular complexity index is 551. The number of aliphatic imine (C=N–C) groups is 1. The van der Waals surface area contributed by atoms with Gasteiger partial charge in [-0.1, -0.05) is 12.1 Å². The summed E-state index contributed by atoms with van der Waals surface area (Å²) in [6, 6.07) is 8.18. The molecule has 0 amide bonds. The van der Waals surface area contributed by atoms with Crippen molar-refractivity contribution in [2.75, 3.05) is 49.7 Å². The van der Waals surface area contributed by atoms with E-state index in [9.17, 15) is 0 Å². The van der Waals surface area contributed by atoms with Crippen LogP contribution in [0.15, 0.2) is 29.3 Å². The minimum Gasteiger partial charge on any atom is -0.379 e. The zero-order chi connectivity index (χ0) is 16.1. The minimum atomic E-state index is 0.146. The van der Waals surface area contributed by atoms with Crippen LogP contribution in [0.1, 0.15) is 12.0 Å². The van der Waals surface area contributed by atoms with Crippen molar-refractivity contribution in [1.29, 1.82) is 0 Å². The number of anilines is 1. The molecule has 0 aromatic heterocycles. The molecule has 1 unspecified atom stereocenters. The highest BCUT2D eigenvalue weighted by molar-refractivity contribution is 7.99. The number of hydrogen-bond acceptors (Lipinski definition) is 4. The monoisotopic (exact) mass is 334 g/mol. The van der Waals surface area contributed by atoms with Crippen LogP contribution >= 0.6 is 11.8 Å². The summed E-state index contributed by atoms with van der Waals surface area (Å²) in [5.74, 6) is 2.84. The molecular weight excluding hydrogens is 308 g/mol. The van der Waals surface area contributed by atoms with E-state index in [-0.39, 0.29) is 5.54 Å². The van der Waals surface area contributed by atoms with Crippen LogP contribution < -0.4 is 11.1 Å². The van der Waals surface area contributed by atoms with Gasteiger partial charge in [0.1, 0.15) is 0 Å². The van der Waals surface area contributed by atoms with E-state index in [0.717, 1.165) is 44.3 Å². The number of nitrogens with two attached hydrogens (primary N) is 1. The number of rotatable bonds is 4. The Kier molecular flexibility index (Phi) is 5.46. The summed E-state index contributed by atoms with van der Waals surface area (Å²) in [6.45, 7) is 6.48. The van der Waals surface area contributed by atoms with Gasteiger partial charge in [0.2, 0.25) is 0 Å². The first kappa shape index (κ1) is 16.6. The molecule has 2 aliphatic heterocycles. The SMILES string of the molecule is Cc1cccc(NC(N)=NCC2(N3CCOCC3)CCSC2)c1. The van der Waals surface area contributed by atoms with Crippen molar-refractivity contribution in [2.45, 2.75) is 18.9 Å².